The van der Waals surface area contributed by atoms with Gasteiger partial charge < -0.3 is 15.4 Å². The van der Waals surface area contributed by atoms with E-state index >= 15 is 0 Å². The Morgan fingerprint density at radius 2 is 2.09 bits per heavy atom. The molecule has 0 aliphatic heterocycles. The van der Waals surface area contributed by atoms with Crippen molar-refractivity contribution >= 4 is 17.8 Å². The molecule has 1 aliphatic carbocycles. The van der Waals surface area contributed by atoms with Crippen LogP contribution in [0.4, 0.5) is 8.78 Å². The van der Waals surface area contributed by atoms with E-state index in [4.69, 9.17) is 5.73 Å². The first-order chi connectivity index (χ1) is 15.3. The van der Waals surface area contributed by atoms with Gasteiger partial charge in [0.25, 0.3) is 0 Å². The lowest BCUT2D eigenvalue weighted by atomic mass is 9.69. The summed E-state index contributed by atoms with van der Waals surface area (Å²) in [5.74, 6) is -2.76. The largest absolute Gasteiger partial charge is 0.370 e. The van der Waals surface area contributed by atoms with Gasteiger partial charge in [0.2, 0.25) is 5.92 Å². The molecule has 0 bridgehead atoms. The zero-order valence-corrected chi connectivity index (χ0v) is 20.0. The van der Waals surface area contributed by atoms with Crippen LogP contribution in [0.1, 0.15) is 51.2 Å². The maximum Gasteiger partial charge on any atom is 0.245 e. The van der Waals surface area contributed by atoms with Crippen LogP contribution in [0.5, 0.6) is 0 Å². The number of hydrogen-bond donors (Lipinski definition) is 1. The summed E-state index contributed by atoms with van der Waals surface area (Å²) in [6.07, 6.45) is 4.38. The van der Waals surface area contributed by atoms with Crippen LogP contribution in [0.2, 0.25) is 0 Å². The molecule has 1 aromatic carbocycles. The third-order valence-corrected chi connectivity index (χ3v) is 6.29. The maximum absolute atomic E-state index is 13.8. The highest BCUT2D eigenvalue weighted by atomic mass is 19.3. The Hall–Kier alpha value is -3.27. The number of guanidine groups is 1. The van der Waals surface area contributed by atoms with Crippen molar-refractivity contribution in [1.82, 2.24) is 4.90 Å². The Bertz CT molecular complexity index is 1060. The van der Waals surface area contributed by atoms with Crippen molar-refractivity contribution in [2.75, 3.05) is 14.1 Å². The molecule has 2 atom stereocenters. The SMILES string of the molecule is C=C1CC(C)(CCC(C)(F)F)C(C=O)(N=C(N)N(C)C)/C1=C/C(=C\C)c1cccc(C#N)c1. The van der Waals surface area contributed by atoms with Gasteiger partial charge in [-0.1, -0.05) is 31.7 Å². The van der Waals surface area contributed by atoms with Crippen LogP contribution in [0.25, 0.3) is 5.57 Å². The van der Waals surface area contributed by atoms with E-state index in [1.165, 1.54) is 0 Å². The van der Waals surface area contributed by atoms with E-state index < -0.39 is 23.3 Å². The van der Waals surface area contributed by atoms with E-state index in [1.54, 1.807) is 44.1 Å². The number of aldehydes is 1. The molecule has 5 nitrogen and oxygen atoms in total. The number of rotatable bonds is 7. The monoisotopic (exact) mass is 454 g/mol. The number of aliphatic imine (C=N–C) groups is 1. The van der Waals surface area contributed by atoms with Crippen molar-refractivity contribution in [3.8, 4) is 6.07 Å². The molecule has 2 N–H and O–H groups in total. The summed E-state index contributed by atoms with van der Waals surface area (Å²) in [6.45, 7) is 8.68. The average Bonchev–Trinajstić information content (AvgIpc) is 2.96. The summed E-state index contributed by atoms with van der Waals surface area (Å²) in [4.78, 5) is 19.0. The van der Waals surface area contributed by atoms with Crippen LogP contribution in [0, 0.1) is 16.7 Å². The normalized spacial score (nSPS) is 25.3. The van der Waals surface area contributed by atoms with Crippen molar-refractivity contribution in [3.05, 3.63) is 65.3 Å². The van der Waals surface area contributed by atoms with Crippen LogP contribution in [0.15, 0.2) is 59.1 Å². The van der Waals surface area contributed by atoms with Crippen LogP contribution in [-0.2, 0) is 4.79 Å². The minimum atomic E-state index is -2.88. The number of hydrogen-bond acceptors (Lipinski definition) is 3. The van der Waals surface area contributed by atoms with Gasteiger partial charge in [-0.2, -0.15) is 5.26 Å². The van der Waals surface area contributed by atoms with Crippen molar-refractivity contribution in [2.45, 2.75) is 51.5 Å². The minimum absolute atomic E-state index is 0.0604. The Morgan fingerprint density at radius 1 is 1.42 bits per heavy atom. The molecular weight excluding hydrogens is 422 g/mol. The molecule has 0 aromatic heterocycles. The highest BCUT2D eigenvalue weighted by Gasteiger charge is 2.57. The minimum Gasteiger partial charge on any atom is -0.370 e. The van der Waals surface area contributed by atoms with Gasteiger partial charge in [-0.25, -0.2) is 13.8 Å². The lowest BCUT2D eigenvalue weighted by Gasteiger charge is -2.38. The Balaban J connectivity index is 2.74. The second-order valence-corrected chi connectivity index (χ2v) is 9.15. The molecule has 1 aliphatic rings. The lowest BCUT2D eigenvalue weighted by molar-refractivity contribution is -0.114. The van der Waals surface area contributed by atoms with Gasteiger partial charge in [0.1, 0.15) is 0 Å². The first-order valence-electron chi connectivity index (χ1n) is 10.8. The molecule has 0 heterocycles. The molecule has 33 heavy (non-hydrogen) atoms. The molecule has 0 radical (unpaired) electrons. The number of halogens is 2. The fraction of sp³-hybridized carbons (Fsp3) is 0.423. The number of carbonyl (C=O) groups is 1. The van der Waals surface area contributed by atoms with E-state index in [0.29, 0.717) is 29.4 Å². The highest BCUT2D eigenvalue weighted by Crippen LogP contribution is 2.57. The number of nitriles is 1. The van der Waals surface area contributed by atoms with Crippen molar-refractivity contribution < 1.29 is 13.6 Å². The molecule has 1 saturated carbocycles. The average molecular weight is 455 g/mol. The van der Waals surface area contributed by atoms with Gasteiger partial charge in [0.15, 0.2) is 17.8 Å². The first kappa shape index (κ1) is 26.0. The van der Waals surface area contributed by atoms with E-state index in [9.17, 15) is 18.8 Å². The summed E-state index contributed by atoms with van der Waals surface area (Å²) >= 11 is 0. The Morgan fingerprint density at radius 3 is 2.61 bits per heavy atom. The molecule has 0 saturated heterocycles. The van der Waals surface area contributed by atoms with Gasteiger partial charge in [-0.3, -0.25) is 0 Å². The van der Waals surface area contributed by atoms with E-state index in [2.05, 4.69) is 17.6 Å². The zero-order chi connectivity index (χ0) is 25.0. The van der Waals surface area contributed by atoms with Crippen LogP contribution < -0.4 is 5.73 Å². The maximum atomic E-state index is 13.8. The molecular formula is C26H32F2N4O. The Kier molecular flexibility index (Phi) is 7.64. The number of carbonyl (C=O) groups excluding carboxylic acids is 1. The topological polar surface area (TPSA) is 82.5 Å². The molecule has 176 valence electrons. The summed E-state index contributed by atoms with van der Waals surface area (Å²) in [7, 11) is 3.40. The second kappa shape index (κ2) is 9.70. The second-order valence-electron chi connectivity index (χ2n) is 9.15. The summed E-state index contributed by atoms with van der Waals surface area (Å²) < 4.78 is 27.6. The molecule has 1 fully saturated rings. The number of nitrogens with zero attached hydrogens (tertiary/aromatic N) is 3. The standard InChI is InChI=1S/C26H32F2N4O/c1-7-20(21-10-8-9-19(13-21)16-29)14-22-18(2)15-24(3,11-12-25(4,27)28)26(22,17-33)31-23(30)32(5)6/h7-10,13-14,17H,2,11-12,15H2,1,3-6H3,(H2,30,31)/b20-7+,22-14+. The van der Waals surface area contributed by atoms with E-state index in [0.717, 1.165) is 18.1 Å². The summed E-state index contributed by atoms with van der Waals surface area (Å²) in [5, 5.41) is 9.27. The smallest absolute Gasteiger partial charge is 0.245 e. The molecule has 1 aromatic rings. The number of alkyl halides is 2. The van der Waals surface area contributed by atoms with Gasteiger partial charge in [0.05, 0.1) is 11.6 Å². The number of benzene rings is 1. The molecule has 2 rings (SSSR count). The number of allylic oxidation sites excluding steroid dienone is 3. The number of nitrogens with two attached hydrogens (primary N) is 1. The van der Waals surface area contributed by atoms with Crippen molar-refractivity contribution in [3.63, 3.8) is 0 Å². The molecule has 0 spiro atoms. The molecule has 0 amide bonds. The lowest BCUT2D eigenvalue weighted by Crippen LogP contribution is -2.47. The first-order valence-corrected chi connectivity index (χ1v) is 10.8. The van der Waals surface area contributed by atoms with Crippen LogP contribution in [-0.4, -0.2) is 42.7 Å². The zero-order valence-electron chi connectivity index (χ0n) is 20.0. The third-order valence-electron chi connectivity index (χ3n) is 6.29. The van der Waals surface area contributed by atoms with Gasteiger partial charge in [0, 0.05) is 25.9 Å². The van der Waals surface area contributed by atoms with Gasteiger partial charge in [-0.05, 0) is 67.2 Å². The summed E-state index contributed by atoms with van der Waals surface area (Å²) in [5.41, 5.74) is 6.96. The molecule has 2 unspecified atom stereocenters. The predicted octanol–water partition coefficient (Wildman–Crippen LogP) is 5.10. The fourth-order valence-corrected chi connectivity index (χ4v) is 4.25. The van der Waals surface area contributed by atoms with E-state index in [-0.39, 0.29) is 12.4 Å². The van der Waals surface area contributed by atoms with Crippen molar-refractivity contribution in [2.24, 2.45) is 16.1 Å². The van der Waals surface area contributed by atoms with Crippen LogP contribution >= 0.6 is 0 Å². The molecule has 7 heteroatoms. The quantitative estimate of drug-likeness (QED) is 0.353. The van der Waals surface area contributed by atoms with E-state index in [1.807, 2.05) is 25.1 Å². The van der Waals surface area contributed by atoms with Crippen molar-refractivity contribution in [1.29, 1.82) is 5.26 Å². The predicted molar refractivity (Wildman–Crippen MR) is 129 cm³/mol. The third kappa shape index (κ3) is 5.39. The summed E-state index contributed by atoms with van der Waals surface area (Å²) in [6, 6.07) is 9.22. The van der Waals surface area contributed by atoms with Gasteiger partial charge >= 0.3 is 0 Å². The van der Waals surface area contributed by atoms with Gasteiger partial charge in [-0.15, -0.1) is 0 Å². The van der Waals surface area contributed by atoms with Crippen LogP contribution in [0.3, 0.4) is 0 Å². The highest BCUT2D eigenvalue weighted by molar-refractivity contribution is 5.88. The fourth-order valence-electron chi connectivity index (χ4n) is 4.25. The Labute approximate surface area is 195 Å².